The minimum Gasteiger partial charge on any atom is -0.497 e. The minimum atomic E-state index is -0.0778. The zero-order valence-electron chi connectivity index (χ0n) is 12.0. The second-order valence-corrected chi connectivity index (χ2v) is 4.61. The number of benzene rings is 2. The Hall–Kier alpha value is -2.80. The lowest BCUT2D eigenvalue weighted by Gasteiger charge is -2.18. The van der Waals surface area contributed by atoms with Gasteiger partial charge >= 0.3 is 0 Å². The topological polar surface area (TPSA) is 53.3 Å². The lowest BCUT2D eigenvalue weighted by molar-refractivity contribution is -0.117. The largest absolute Gasteiger partial charge is 0.497 e. The molecular formula is C17H16N2O2. The monoisotopic (exact) mass is 280 g/mol. The van der Waals surface area contributed by atoms with Gasteiger partial charge in [-0.15, -0.1) is 0 Å². The summed E-state index contributed by atoms with van der Waals surface area (Å²) in [5.74, 6) is 0.645. The van der Waals surface area contributed by atoms with Gasteiger partial charge in [0, 0.05) is 7.05 Å². The number of para-hydroxylation sites is 1. The highest BCUT2D eigenvalue weighted by atomic mass is 16.5. The van der Waals surface area contributed by atoms with Crippen LogP contribution in [0.2, 0.25) is 0 Å². The lowest BCUT2D eigenvalue weighted by atomic mass is 10.1. The van der Waals surface area contributed by atoms with Crippen molar-refractivity contribution in [2.75, 3.05) is 19.1 Å². The number of anilines is 1. The molecule has 0 unspecified atom stereocenters. The van der Waals surface area contributed by atoms with Gasteiger partial charge < -0.3 is 9.64 Å². The maximum absolute atomic E-state index is 12.4. The van der Waals surface area contributed by atoms with E-state index in [1.165, 1.54) is 4.90 Å². The Kier molecular flexibility index (Phi) is 4.57. The molecule has 2 rings (SSSR count). The van der Waals surface area contributed by atoms with Crippen molar-refractivity contribution >= 4 is 11.6 Å². The molecule has 0 spiro atoms. The van der Waals surface area contributed by atoms with Crippen molar-refractivity contribution in [3.05, 3.63) is 59.7 Å². The van der Waals surface area contributed by atoms with Crippen LogP contribution in [0, 0.1) is 11.3 Å². The number of hydrogen-bond acceptors (Lipinski definition) is 3. The Balaban J connectivity index is 2.18. The van der Waals surface area contributed by atoms with E-state index in [4.69, 9.17) is 10.00 Å². The highest BCUT2D eigenvalue weighted by molar-refractivity contribution is 5.95. The van der Waals surface area contributed by atoms with E-state index >= 15 is 0 Å². The number of carbonyl (C=O) groups is 1. The van der Waals surface area contributed by atoms with Gasteiger partial charge in [0.05, 0.1) is 24.8 Å². The SMILES string of the molecule is COc1cccc(CC(=O)N(C)c2ccccc2C#N)c1. The van der Waals surface area contributed by atoms with Crippen LogP contribution in [-0.4, -0.2) is 20.1 Å². The fraction of sp³-hybridized carbons (Fsp3) is 0.176. The maximum atomic E-state index is 12.4. The molecule has 0 aromatic heterocycles. The fourth-order valence-electron chi connectivity index (χ4n) is 2.07. The lowest BCUT2D eigenvalue weighted by Crippen LogP contribution is -2.28. The van der Waals surface area contributed by atoms with Gasteiger partial charge in [0.2, 0.25) is 5.91 Å². The number of methoxy groups -OCH3 is 1. The van der Waals surface area contributed by atoms with Gasteiger partial charge in [-0.25, -0.2) is 0 Å². The molecule has 21 heavy (non-hydrogen) atoms. The van der Waals surface area contributed by atoms with Gasteiger partial charge in [-0.3, -0.25) is 4.79 Å². The highest BCUT2D eigenvalue weighted by Crippen LogP contribution is 2.20. The van der Waals surface area contributed by atoms with Crippen LogP contribution in [0.5, 0.6) is 5.75 Å². The molecule has 0 saturated heterocycles. The Morgan fingerprint density at radius 3 is 2.71 bits per heavy atom. The van der Waals surface area contributed by atoms with Crippen molar-refractivity contribution in [2.45, 2.75) is 6.42 Å². The van der Waals surface area contributed by atoms with E-state index in [2.05, 4.69) is 6.07 Å². The molecule has 0 aliphatic rings. The van der Waals surface area contributed by atoms with Crippen LogP contribution in [0.4, 0.5) is 5.69 Å². The predicted molar refractivity (Wildman–Crippen MR) is 81.3 cm³/mol. The van der Waals surface area contributed by atoms with Crippen molar-refractivity contribution in [1.82, 2.24) is 0 Å². The third kappa shape index (κ3) is 3.40. The first kappa shape index (κ1) is 14.6. The first-order valence-corrected chi connectivity index (χ1v) is 6.54. The summed E-state index contributed by atoms with van der Waals surface area (Å²) in [7, 11) is 3.27. The maximum Gasteiger partial charge on any atom is 0.231 e. The molecule has 4 heteroatoms. The quantitative estimate of drug-likeness (QED) is 0.865. The van der Waals surface area contributed by atoms with Crippen molar-refractivity contribution in [2.24, 2.45) is 0 Å². The minimum absolute atomic E-state index is 0.0778. The van der Waals surface area contributed by atoms with Gasteiger partial charge in [-0.05, 0) is 29.8 Å². The molecule has 0 bridgehead atoms. The molecule has 0 aliphatic heterocycles. The second-order valence-electron chi connectivity index (χ2n) is 4.61. The van der Waals surface area contributed by atoms with Gasteiger partial charge in [-0.1, -0.05) is 24.3 Å². The van der Waals surface area contributed by atoms with E-state index in [-0.39, 0.29) is 12.3 Å². The predicted octanol–water partition coefficient (Wildman–Crippen LogP) is 2.77. The van der Waals surface area contributed by atoms with Crippen LogP contribution in [0.15, 0.2) is 48.5 Å². The van der Waals surface area contributed by atoms with Crippen molar-refractivity contribution in [1.29, 1.82) is 5.26 Å². The second kappa shape index (κ2) is 6.58. The number of amides is 1. The summed E-state index contributed by atoms with van der Waals surface area (Å²) in [5, 5.41) is 9.10. The van der Waals surface area contributed by atoms with E-state index in [0.717, 1.165) is 11.3 Å². The van der Waals surface area contributed by atoms with E-state index < -0.39 is 0 Å². The summed E-state index contributed by atoms with van der Waals surface area (Å²) in [5.41, 5.74) is 1.98. The number of carbonyl (C=O) groups excluding carboxylic acids is 1. The molecule has 1 amide bonds. The number of likely N-dealkylation sites (N-methyl/N-ethyl adjacent to an activating group) is 1. The van der Waals surface area contributed by atoms with Crippen LogP contribution < -0.4 is 9.64 Å². The van der Waals surface area contributed by atoms with Gasteiger partial charge in [0.15, 0.2) is 0 Å². The van der Waals surface area contributed by atoms with Crippen LogP contribution in [-0.2, 0) is 11.2 Å². The fourth-order valence-corrected chi connectivity index (χ4v) is 2.07. The normalized spacial score (nSPS) is 9.76. The molecule has 0 aliphatic carbocycles. The highest BCUT2D eigenvalue weighted by Gasteiger charge is 2.14. The molecule has 0 heterocycles. The molecule has 0 atom stereocenters. The first-order chi connectivity index (χ1) is 10.2. The molecular weight excluding hydrogens is 264 g/mol. The third-order valence-corrected chi connectivity index (χ3v) is 3.25. The number of rotatable bonds is 4. The summed E-state index contributed by atoms with van der Waals surface area (Å²) >= 11 is 0. The number of ether oxygens (including phenoxy) is 1. The zero-order valence-corrected chi connectivity index (χ0v) is 12.0. The molecule has 0 saturated carbocycles. The van der Waals surface area contributed by atoms with Crippen molar-refractivity contribution in [3.8, 4) is 11.8 Å². The average Bonchev–Trinajstić information content (AvgIpc) is 2.54. The van der Waals surface area contributed by atoms with Crippen LogP contribution in [0.3, 0.4) is 0 Å². The molecule has 2 aromatic rings. The third-order valence-electron chi connectivity index (χ3n) is 3.25. The molecule has 2 aromatic carbocycles. The number of nitriles is 1. The van der Waals surface area contributed by atoms with Crippen LogP contribution in [0.25, 0.3) is 0 Å². The Morgan fingerprint density at radius 1 is 1.24 bits per heavy atom. The standard InChI is InChI=1S/C17H16N2O2/c1-19(16-9-4-3-7-14(16)12-18)17(20)11-13-6-5-8-15(10-13)21-2/h3-10H,11H2,1-2H3. The molecule has 0 radical (unpaired) electrons. The van der Waals surface area contributed by atoms with E-state index in [0.29, 0.717) is 11.3 Å². The van der Waals surface area contributed by atoms with Gasteiger partial charge in [0.25, 0.3) is 0 Å². The van der Waals surface area contributed by atoms with E-state index in [1.807, 2.05) is 30.3 Å². The number of hydrogen-bond donors (Lipinski definition) is 0. The summed E-state index contributed by atoms with van der Waals surface area (Å²) in [4.78, 5) is 13.9. The summed E-state index contributed by atoms with van der Waals surface area (Å²) in [6, 6.07) is 16.6. The van der Waals surface area contributed by atoms with Gasteiger partial charge in [0.1, 0.15) is 11.8 Å². The van der Waals surface area contributed by atoms with Crippen LogP contribution >= 0.6 is 0 Å². The zero-order chi connectivity index (χ0) is 15.2. The first-order valence-electron chi connectivity index (χ1n) is 6.54. The molecule has 106 valence electrons. The molecule has 4 nitrogen and oxygen atoms in total. The summed E-state index contributed by atoms with van der Waals surface area (Å²) < 4.78 is 5.15. The molecule has 0 N–H and O–H groups in total. The average molecular weight is 280 g/mol. The summed E-state index contributed by atoms with van der Waals surface area (Å²) in [6.45, 7) is 0. The summed E-state index contributed by atoms with van der Waals surface area (Å²) in [6.07, 6.45) is 0.257. The van der Waals surface area contributed by atoms with Gasteiger partial charge in [-0.2, -0.15) is 5.26 Å². The van der Waals surface area contributed by atoms with E-state index in [1.54, 1.807) is 32.4 Å². The van der Waals surface area contributed by atoms with Crippen molar-refractivity contribution in [3.63, 3.8) is 0 Å². The van der Waals surface area contributed by atoms with Crippen molar-refractivity contribution < 1.29 is 9.53 Å². The smallest absolute Gasteiger partial charge is 0.231 e. The Bertz CT molecular complexity index is 689. The number of nitrogens with zero attached hydrogens (tertiary/aromatic N) is 2. The Morgan fingerprint density at radius 2 is 2.00 bits per heavy atom. The van der Waals surface area contributed by atoms with E-state index in [9.17, 15) is 4.79 Å². The Labute approximate surface area is 124 Å². The van der Waals surface area contributed by atoms with Crippen LogP contribution in [0.1, 0.15) is 11.1 Å². The molecule has 0 fully saturated rings.